The molecule has 0 aliphatic heterocycles. The Hall–Kier alpha value is -3.26. The third kappa shape index (κ3) is 7.29. The first-order chi connectivity index (χ1) is 14.1. The summed E-state index contributed by atoms with van der Waals surface area (Å²) >= 11 is 5.97. The van der Waals surface area contributed by atoms with Crippen molar-refractivity contribution in [1.29, 1.82) is 0 Å². The Morgan fingerprint density at radius 1 is 1.00 bits per heavy atom. The van der Waals surface area contributed by atoms with Crippen LogP contribution in [0.1, 0.15) is 31.1 Å². The van der Waals surface area contributed by atoms with Gasteiger partial charge < -0.3 is 25.4 Å². The lowest BCUT2D eigenvalue weighted by atomic mass is 10.1. The van der Waals surface area contributed by atoms with Crippen LogP contribution >= 0.6 is 11.6 Å². The summed E-state index contributed by atoms with van der Waals surface area (Å²) < 4.78 is 10.3. The summed E-state index contributed by atoms with van der Waals surface area (Å²) in [7, 11) is 1.46. The van der Waals surface area contributed by atoms with Crippen LogP contribution < -0.4 is 20.7 Å². The summed E-state index contributed by atoms with van der Waals surface area (Å²) in [5.41, 5.74) is 0.529. The van der Waals surface area contributed by atoms with Gasteiger partial charge in [-0.2, -0.15) is 0 Å². The Bertz CT molecular complexity index is 940. The van der Waals surface area contributed by atoms with E-state index in [1.54, 1.807) is 57.2 Å². The maximum Gasteiger partial charge on any atom is 0.408 e. The van der Waals surface area contributed by atoms with Gasteiger partial charge in [0.1, 0.15) is 17.9 Å². The van der Waals surface area contributed by atoms with Crippen LogP contribution in [-0.2, 0) is 9.53 Å². The zero-order chi connectivity index (χ0) is 22.3. The van der Waals surface area contributed by atoms with Crippen molar-refractivity contribution in [3.8, 4) is 5.75 Å². The minimum absolute atomic E-state index is 0.259. The molecule has 0 fully saturated rings. The molecule has 0 aromatic heterocycles. The van der Waals surface area contributed by atoms with Gasteiger partial charge in [0, 0.05) is 16.4 Å². The minimum Gasteiger partial charge on any atom is -0.496 e. The van der Waals surface area contributed by atoms with Crippen molar-refractivity contribution in [3.05, 3.63) is 53.1 Å². The molecule has 9 heteroatoms. The minimum atomic E-state index is -0.686. The fraction of sp³-hybridized carbons (Fsp3) is 0.286. The first kappa shape index (κ1) is 23.0. The second-order valence-corrected chi connectivity index (χ2v) is 7.72. The van der Waals surface area contributed by atoms with Crippen LogP contribution in [0.5, 0.6) is 5.75 Å². The normalized spacial score (nSPS) is 10.7. The van der Waals surface area contributed by atoms with Gasteiger partial charge in [-0.25, -0.2) is 4.79 Å². The molecule has 0 aliphatic rings. The van der Waals surface area contributed by atoms with Crippen LogP contribution in [0.15, 0.2) is 42.5 Å². The van der Waals surface area contributed by atoms with Gasteiger partial charge in [0.05, 0.1) is 12.7 Å². The molecule has 0 saturated heterocycles. The van der Waals surface area contributed by atoms with Gasteiger partial charge in [0.25, 0.3) is 5.91 Å². The van der Waals surface area contributed by atoms with E-state index in [1.165, 1.54) is 13.2 Å². The quantitative estimate of drug-likeness (QED) is 0.636. The third-order valence-electron chi connectivity index (χ3n) is 3.60. The molecule has 2 aromatic rings. The molecule has 2 aromatic carbocycles. The van der Waals surface area contributed by atoms with Crippen molar-refractivity contribution in [1.82, 2.24) is 5.32 Å². The fourth-order valence-corrected chi connectivity index (χ4v) is 2.57. The number of benzene rings is 2. The van der Waals surface area contributed by atoms with Gasteiger partial charge in [0.2, 0.25) is 5.91 Å². The van der Waals surface area contributed by atoms with Crippen molar-refractivity contribution in [2.24, 2.45) is 0 Å². The molecule has 0 aliphatic carbocycles. The molecule has 3 N–H and O–H groups in total. The molecule has 3 amide bonds. The lowest BCUT2D eigenvalue weighted by molar-refractivity contribution is -0.115. The number of alkyl carbamates (subject to hydrolysis) is 1. The van der Waals surface area contributed by atoms with Crippen molar-refractivity contribution in [3.63, 3.8) is 0 Å². The largest absolute Gasteiger partial charge is 0.496 e. The van der Waals surface area contributed by atoms with Crippen LogP contribution in [0.3, 0.4) is 0 Å². The van der Waals surface area contributed by atoms with E-state index in [4.69, 9.17) is 21.1 Å². The van der Waals surface area contributed by atoms with Crippen LogP contribution in [-0.4, -0.2) is 37.2 Å². The highest BCUT2D eigenvalue weighted by molar-refractivity contribution is 6.31. The van der Waals surface area contributed by atoms with Gasteiger partial charge >= 0.3 is 6.09 Å². The first-order valence-electron chi connectivity index (χ1n) is 9.09. The van der Waals surface area contributed by atoms with Crippen molar-refractivity contribution >= 4 is 40.9 Å². The number of methoxy groups -OCH3 is 1. The third-order valence-corrected chi connectivity index (χ3v) is 3.84. The number of hydrogen-bond donors (Lipinski definition) is 3. The summed E-state index contributed by atoms with van der Waals surface area (Å²) in [5.74, 6) is -0.472. The van der Waals surface area contributed by atoms with Crippen LogP contribution in [0.4, 0.5) is 16.2 Å². The zero-order valence-corrected chi connectivity index (χ0v) is 17.9. The molecule has 0 radical (unpaired) electrons. The van der Waals surface area contributed by atoms with E-state index in [0.717, 1.165) is 0 Å². The number of nitrogens with one attached hydrogen (secondary N) is 3. The average Bonchev–Trinajstić information content (AvgIpc) is 2.65. The number of anilines is 2. The highest BCUT2D eigenvalue weighted by Crippen LogP contribution is 2.24. The fourth-order valence-electron chi connectivity index (χ4n) is 2.40. The Morgan fingerprint density at radius 2 is 1.67 bits per heavy atom. The van der Waals surface area contributed by atoms with E-state index in [0.29, 0.717) is 22.1 Å². The predicted molar refractivity (Wildman–Crippen MR) is 115 cm³/mol. The SMILES string of the molecule is COc1ccc(Cl)cc1C(=O)Nc1cccc(NC(=O)CNC(=O)OC(C)(C)C)c1. The van der Waals surface area contributed by atoms with Gasteiger partial charge in [-0.05, 0) is 57.2 Å². The molecule has 0 spiro atoms. The van der Waals surface area contributed by atoms with Gasteiger partial charge in [0.15, 0.2) is 0 Å². The van der Waals surface area contributed by atoms with Gasteiger partial charge in [-0.3, -0.25) is 9.59 Å². The lowest BCUT2D eigenvalue weighted by Gasteiger charge is -2.19. The first-order valence-corrected chi connectivity index (χ1v) is 9.47. The van der Waals surface area contributed by atoms with Crippen molar-refractivity contribution in [2.75, 3.05) is 24.3 Å². The molecule has 0 heterocycles. The molecule has 2 rings (SSSR count). The molecule has 8 nitrogen and oxygen atoms in total. The number of rotatable bonds is 6. The van der Waals surface area contributed by atoms with E-state index < -0.39 is 23.5 Å². The van der Waals surface area contributed by atoms with Gasteiger partial charge in [-0.1, -0.05) is 17.7 Å². The van der Waals surface area contributed by atoms with Crippen LogP contribution in [0.25, 0.3) is 0 Å². The van der Waals surface area contributed by atoms with E-state index in [9.17, 15) is 14.4 Å². The highest BCUT2D eigenvalue weighted by Gasteiger charge is 2.17. The molecule has 30 heavy (non-hydrogen) atoms. The number of carbonyl (C=O) groups is 3. The molecule has 0 unspecified atom stereocenters. The average molecular weight is 434 g/mol. The van der Waals surface area contributed by atoms with Gasteiger partial charge in [-0.15, -0.1) is 0 Å². The second-order valence-electron chi connectivity index (χ2n) is 7.28. The lowest BCUT2D eigenvalue weighted by Crippen LogP contribution is -2.37. The molecule has 0 saturated carbocycles. The van der Waals surface area contributed by atoms with Crippen molar-refractivity contribution < 1.29 is 23.9 Å². The smallest absolute Gasteiger partial charge is 0.408 e. The topological polar surface area (TPSA) is 106 Å². The Labute approximate surface area is 179 Å². The summed E-state index contributed by atoms with van der Waals surface area (Å²) in [5, 5.41) is 8.15. The van der Waals surface area contributed by atoms with Crippen LogP contribution in [0.2, 0.25) is 5.02 Å². The number of carbonyl (C=O) groups excluding carboxylic acids is 3. The van der Waals surface area contributed by atoms with E-state index in [1.807, 2.05) is 0 Å². The second kappa shape index (κ2) is 9.98. The molecular weight excluding hydrogens is 410 g/mol. The highest BCUT2D eigenvalue weighted by atomic mass is 35.5. The standard InChI is InChI=1S/C21H24ClN3O5/c1-21(2,3)30-20(28)23-12-18(26)24-14-6-5-7-15(11-14)25-19(27)16-10-13(22)8-9-17(16)29-4/h5-11H,12H2,1-4H3,(H,23,28)(H,24,26)(H,25,27). The zero-order valence-electron chi connectivity index (χ0n) is 17.2. The number of hydrogen-bond acceptors (Lipinski definition) is 5. The Balaban J connectivity index is 1.98. The molecule has 0 atom stereocenters. The summed E-state index contributed by atoms with van der Waals surface area (Å²) in [4.78, 5) is 36.3. The molecular formula is C21H24ClN3O5. The number of ether oxygens (including phenoxy) is 2. The summed E-state index contributed by atoms with van der Waals surface area (Å²) in [6, 6.07) is 11.3. The number of amides is 3. The summed E-state index contributed by atoms with van der Waals surface area (Å²) in [6.07, 6.45) is -0.686. The van der Waals surface area contributed by atoms with E-state index in [2.05, 4.69) is 16.0 Å². The van der Waals surface area contributed by atoms with Crippen LogP contribution in [0, 0.1) is 0 Å². The predicted octanol–water partition coefficient (Wildman–Crippen LogP) is 4.06. The summed E-state index contributed by atoms with van der Waals surface area (Å²) in [6.45, 7) is 4.92. The Morgan fingerprint density at radius 3 is 2.30 bits per heavy atom. The monoisotopic (exact) mass is 433 g/mol. The maximum atomic E-state index is 12.6. The molecule has 0 bridgehead atoms. The van der Waals surface area contributed by atoms with E-state index in [-0.39, 0.29) is 12.1 Å². The number of halogens is 1. The van der Waals surface area contributed by atoms with E-state index >= 15 is 0 Å². The molecule has 160 valence electrons. The maximum absolute atomic E-state index is 12.6. The van der Waals surface area contributed by atoms with Crippen molar-refractivity contribution in [2.45, 2.75) is 26.4 Å². The Kier molecular flexibility index (Phi) is 7.66.